The molecule has 0 saturated carbocycles. The van der Waals surface area contributed by atoms with E-state index in [9.17, 15) is 0 Å². The molecule has 0 bridgehead atoms. The first-order valence-electron chi connectivity index (χ1n) is 2.71. The summed E-state index contributed by atoms with van der Waals surface area (Å²) >= 11 is 0. The Morgan fingerprint density at radius 1 is 0.857 bits per heavy atom. The zero-order valence-corrected chi connectivity index (χ0v) is 7.16. The highest BCUT2D eigenvalue weighted by molar-refractivity contribution is 7.38. The quantitative estimate of drug-likeness (QED) is 0.446. The third kappa shape index (κ3) is 3.44. The highest BCUT2D eigenvalue weighted by atomic mass is 31.1. The lowest BCUT2D eigenvalue weighted by molar-refractivity contribution is 0.759. The van der Waals surface area contributed by atoms with Gasteiger partial charge in [-0.25, -0.2) is 0 Å². The van der Waals surface area contributed by atoms with E-state index in [1.54, 1.807) is 0 Å². The van der Waals surface area contributed by atoms with Gasteiger partial charge < -0.3 is 0 Å². The second kappa shape index (κ2) is 5.01. The lowest BCUT2D eigenvalue weighted by Gasteiger charge is -2.06. The molecular formula is C5H14P2. The summed E-state index contributed by atoms with van der Waals surface area (Å²) in [5, 5.41) is 0. The summed E-state index contributed by atoms with van der Waals surface area (Å²) in [4.78, 5) is 0. The minimum atomic E-state index is 0. The normalized spacial score (nSPS) is 20.6. The van der Waals surface area contributed by atoms with Crippen molar-refractivity contribution in [2.45, 2.75) is 19.3 Å². The van der Waals surface area contributed by atoms with Gasteiger partial charge in [-0.15, -0.1) is 8.58 Å². The molecule has 0 aromatic heterocycles. The van der Waals surface area contributed by atoms with Gasteiger partial charge in [0, 0.05) is 0 Å². The summed E-state index contributed by atoms with van der Waals surface area (Å²) < 4.78 is 0. The molecular weight excluding hydrogens is 122 g/mol. The Balaban J connectivity index is 0.000000360. The second-order valence-electron chi connectivity index (χ2n) is 1.81. The van der Waals surface area contributed by atoms with Crippen LogP contribution in [0.4, 0.5) is 0 Å². The highest BCUT2D eigenvalue weighted by Crippen LogP contribution is 2.21. The molecule has 0 aromatic carbocycles. The van der Waals surface area contributed by atoms with Gasteiger partial charge >= 0.3 is 0 Å². The summed E-state index contributed by atoms with van der Waals surface area (Å²) in [5.74, 6) is 0. The van der Waals surface area contributed by atoms with Crippen LogP contribution in [0.2, 0.25) is 0 Å². The smallest absolute Gasteiger partial charge is 0.0353 e. The van der Waals surface area contributed by atoms with Gasteiger partial charge in [0.2, 0.25) is 0 Å². The average Bonchev–Trinajstić information content (AvgIpc) is 1.72. The van der Waals surface area contributed by atoms with E-state index >= 15 is 0 Å². The standard InChI is InChI=1S/C5H11P.H3P/c1-2-4-6-5-3-1;/h6H,1-5H2;1H3. The Kier molecular flexibility index (Phi) is 5.62. The Bertz CT molecular complexity index is 21.6. The van der Waals surface area contributed by atoms with Crippen LogP contribution in [0, 0.1) is 0 Å². The molecule has 2 heteroatoms. The van der Waals surface area contributed by atoms with Gasteiger partial charge in [0.15, 0.2) is 0 Å². The number of hydrogen-bond acceptors (Lipinski definition) is 0. The Labute approximate surface area is 50.9 Å². The van der Waals surface area contributed by atoms with Crippen molar-refractivity contribution >= 4 is 18.5 Å². The van der Waals surface area contributed by atoms with Crippen LogP contribution in [-0.2, 0) is 0 Å². The Morgan fingerprint density at radius 2 is 1.43 bits per heavy atom. The van der Waals surface area contributed by atoms with Crippen molar-refractivity contribution in [1.29, 1.82) is 0 Å². The van der Waals surface area contributed by atoms with E-state index in [0.29, 0.717) is 0 Å². The molecule has 0 aromatic rings. The fraction of sp³-hybridized carbons (Fsp3) is 1.00. The van der Waals surface area contributed by atoms with E-state index in [0.717, 1.165) is 0 Å². The second-order valence-corrected chi connectivity index (χ2v) is 3.31. The van der Waals surface area contributed by atoms with Crippen molar-refractivity contribution in [3.63, 3.8) is 0 Å². The minimum Gasteiger partial charge on any atom is -0.153 e. The highest BCUT2D eigenvalue weighted by Gasteiger charge is 1.95. The Morgan fingerprint density at radius 3 is 1.57 bits per heavy atom. The van der Waals surface area contributed by atoms with E-state index in [-0.39, 0.29) is 9.90 Å². The fourth-order valence-electron chi connectivity index (χ4n) is 0.802. The maximum Gasteiger partial charge on any atom is -0.0353 e. The van der Waals surface area contributed by atoms with Crippen LogP contribution in [0.1, 0.15) is 19.3 Å². The summed E-state index contributed by atoms with van der Waals surface area (Å²) in [6, 6.07) is 0. The predicted molar refractivity (Wildman–Crippen MR) is 43.0 cm³/mol. The average molecular weight is 136 g/mol. The van der Waals surface area contributed by atoms with Crippen LogP contribution < -0.4 is 0 Å². The summed E-state index contributed by atoms with van der Waals surface area (Å²) in [7, 11) is 1.30. The van der Waals surface area contributed by atoms with Gasteiger partial charge in [-0.3, -0.25) is 0 Å². The minimum absolute atomic E-state index is 0. The molecule has 1 saturated heterocycles. The van der Waals surface area contributed by atoms with Gasteiger partial charge in [0.25, 0.3) is 0 Å². The monoisotopic (exact) mass is 136 g/mol. The van der Waals surface area contributed by atoms with E-state index in [1.165, 1.54) is 40.2 Å². The molecule has 0 radical (unpaired) electrons. The molecule has 1 heterocycles. The maximum absolute atomic E-state index is 1.53. The zero-order chi connectivity index (χ0) is 4.24. The first-order chi connectivity index (χ1) is 3.00. The third-order valence-corrected chi connectivity index (χ3v) is 2.62. The maximum atomic E-state index is 1.53. The van der Waals surface area contributed by atoms with Gasteiger partial charge in [-0.1, -0.05) is 6.42 Å². The zero-order valence-electron chi connectivity index (χ0n) is 4.74. The predicted octanol–water partition coefficient (Wildman–Crippen LogP) is 1.91. The molecule has 0 spiro atoms. The van der Waals surface area contributed by atoms with Gasteiger partial charge in [-0.05, 0) is 25.2 Å². The van der Waals surface area contributed by atoms with Crippen LogP contribution in [0.15, 0.2) is 0 Å². The molecule has 1 aliphatic heterocycles. The third-order valence-electron chi connectivity index (χ3n) is 1.21. The van der Waals surface area contributed by atoms with Gasteiger partial charge in [0.05, 0.1) is 0 Å². The van der Waals surface area contributed by atoms with Crippen molar-refractivity contribution in [1.82, 2.24) is 0 Å². The topological polar surface area (TPSA) is 0 Å². The molecule has 1 atom stereocenters. The molecule has 0 nitrogen and oxygen atoms in total. The molecule has 1 aliphatic rings. The number of hydrogen-bond donors (Lipinski definition) is 0. The van der Waals surface area contributed by atoms with E-state index in [4.69, 9.17) is 0 Å². The lowest BCUT2D eigenvalue weighted by Crippen LogP contribution is -1.89. The number of rotatable bonds is 0. The van der Waals surface area contributed by atoms with E-state index < -0.39 is 0 Å². The van der Waals surface area contributed by atoms with Gasteiger partial charge in [-0.2, -0.15) is 9.90 Å². The molecule has 7 heavy (non-hydrogen) atoms. The van der Waals surface area contributed by atoms with Crippen LogP contribution in [0.3, 0.4) is 0 Å². The van der Waals surface area contributed by atoms with Gasteiger partial charge in [0.1, 0.15) is 0 Å². The summed E-state index contributed by atoms with van der Waals surface area (Å²) in [6.45, 7) is 0. The molecule has 1 rings (SSSR count). The molecule has 1 fully saturated rings. The first kappa shape index (κ1) is 7.86. The summed E-state index contributed by atoms with van der Waals surface area (Å²) in [5.41, 5.74) is 0. The summed E-state index contributed by atoms with van der Waals surface area (Å²) in [6.07, 6.45) is 7.59. The molecule has 0 N–H and O–H groups in total. The first-order valence-corrected chi connectivity index (χ1v) is 4.12. The van der Waals surface area contributed by atoms with Crippen LogP contribution >= 0.6 is 18.5 Å². The molecule has 0 amide bonds. The van der Waals surface area contributed by atoms with E-state index in [1.807, 2.05) is 0 Å². The lowest BCUT2D eigenvalue weighted by atomic mass is 10.3. The van der Waals surface area contributed by atoms with Crippen LogP contribution in [-0.4, -0.2) is 12.3 Å². The van der Waals surface area contributed by atoms with E-state index in [2.05, 4.69) is 0 Å². The van der Waals surface area contributed by atoms with Crippen molar-refractivity contribution in [3.05, 3.63) is 0 Å². The Hall–Kier alpha value is 0.860. The fourth-order valence-corrected chi connectivity index (χ4v) is 2.05. The molecule has 0 aliphatic carbocycles. The largest absolute Gasteiger partial charge is 0.153 e. The molecule has 44 valence electrons. The van der Waals surface area contributed by atoms with Crippen LogP contribution in [0.5, 0.6) is 0 Å². The van der Waals surface area contributed by atoms with Crippen molar-refractivity contribution in [2.24, 2.45) is 0 Å². The van der Waals surface area contributed by atoms with Crippen molar-refractivity contribution < 1.29 is 0 Å². The molecule has 1 unspecified atom stereocenters. The SMILES string of the molecule is C1CCPCC1.P. The van der Waals surface area contributed by atoms with Crippen molar-refractivity contribution in [3.8, 4) is 0 Å². The van der Waals surface area contributed by atoms with Crippen molar-refractivity contribution in [2.75, 3.05) is 12.3 Å². The van der Waals surface area contributed by atoms with Crippen LogP contribution in [0.25, 0.3) is 0 Å².